The third-order valence-corrected chi connectivity index (χ3v) is 2.87. The molecule has 0 atom stereocenters. The summed E-state index contributed by atoms with van der Waals surface area (Å²) < 4.78 is 5.44. The largest absolute Gasteiger partial charge is 0.493 e. The summed E-state index contributed by atoms with van der Waals surface area (Å²) in [5.41, 5.74) is 3.11. The minimum atomic E-state index is 0.150. The first-order valence-electron chi connectivity index (χ1n) is 5.60. The molecule has 0 unspecified atom stereocenters. The molecule has 0 fully saturated rings. The summed E-state index contributed by atoms with van der Waals surface area (Å²) in [4.78, 5) is 11.4. The van der Waals surface area contributed by atoms with Crippen LogP contribution in [0.25, 0.3) is 0 Å². The minimum Gasteiger partial charge on any atom is -0.493 e. The maximum absolute atomic E-state index is 11.4. The van der Waals surface area contributed by atoms with Gasteiger partial charge >= 0.3 is 0 Å². The van der Waals surface area contributed by atoms with E-state index in [0.717, 1.165) is 25.2 Å². The lowest BCUT2D eigenvalue weighted by Gasteiger charge is -2.03. The molecule has 2 rings (SSSR count). The van der Waals surface area contributed by atoms with Gasteiger partial charge in [0.1, 0.15) is 5.75 Å². The zero-order valence-corrected chi connectivity index (χ0v) is 9.58. The Morgan fingerprint density at radius 2 is 2.31 bits per heavy atom. The van der Waals surface area contributed by atoms with Gasteiger partial charge in [-0.25, -0.2) is 0 Å². The van der Waals surface area contributed by atoms with Gasteiger partial charge in [-0.05, 0) is 36.1 Å². The number of carbonyl (C=O) groups is 1. The number of hydrogen-bond donors (Lipinski definition) is 0. The highest BCUT2D eigenvalue weighted by Gasteiger charge is 2.12. The standard InChI is InChI=1S/C14H16O2/c1-10(2)13(15)5-3-11-4-6-14-12(9-11)7-8-16-14/h4,6,9H,1,3,5,7-8H2,2H3. The van der Waals surface area contributed by atoms with Gasteiger partial charge in [0, 0.05) is 12.8 Å². The van der Waals surface area contributed by atoms with Gasteiger partial charge in [-0.1, -0.05) is 18.7 Å². The molecule has 0 aromatic heterocycles. The van der Waals surface area contributed by atoms with Gasteiger partial charge in [0.25, 0.3) is 0 Å². The van der Waals surface area contributed by atoms with E-state index in [4.69, 9.17) is 4.74 Å². The molecule has 1 aliphatic heterocycles. The summed E-state index contributed by atoms with van der Waals surface area (Å²) in [6, 6.07) is 6.19. The fraction of sp³-hybridized carbons (Fsp3) is 0.357. The molecule has 0 amide bonds. The Bertz CT molecular complexity index is 432. The van der Waals surface area contributed by atoms with Gasteiger partial charge in [-0.2, -0.15) is 0 Å². The van der Waals surface area contributed by atoms with Crippen molar-refractivity contribution in [3.05, 3.63) is 41.5 Å². The van der Waals surface area contributed by atoms with E-state index in [1.165, 1.54) is 11.1 Å². The van der Waals surface area contributed by atoms with Gasteiger partial charge in [0.05, 0.1) is 6.61 Å². The molecule has 1 heterocycles. The molecule has 2 nitrogen and oxygen atoms in total. The van der Waals surface area contributed by atoms with Crippen molar-refractivity contribution in [3.63, 3.8) is 0 Å². The summed E-state index contributed by atoms with van der Waals surface area (Å²) in [7, 11) is 0. The molecule has 84 valence electrons. The number of hydrogen-bond acceptors (Lipinski definition) is 2. The minimum absolute atomic E-state index is 0.150. The average molecular weight is 216 g/mol. The fourth-order valence-corrected chi connectivity index (χ4v) is 1.87. The van der Waals surface area contributed by atoms with Crippen LogP contribution in [0.4, 0.5) is 0 Å². The molecule has 1 aromatic rings. The van der Waals surface area contributed by atoms with Crippen LogP contribution in [-0.2, 0) is 17.6 Å². The van der Waals surface area contributed by atoms with Crippen molar-refractivity contribution in [3.8, 4) is 5.75 Å². The van der Waals surface area contributed by atoms with E-state index in [-0.39, 0.29) is 5.78 Å². The van der Waals surface area contributed by atoms with Crippen LogP contribution < -0.4 is 4.74 Å². The number of rotatable bonds is 4. The number of allylic oxidation sites excluding steroid dienone is 1. The topological polar surface area (TPSA) is 26.3 Å². The van der Waals surface area contributed by atoms with Gasteiger partial charge in [-0.3, -0.25) is 4.79 Å². The lowest BCUT2D eigenvalue weighted by molar-refractivity contribution is -0.115. The lowest BCUT2D eigenvalue weighted by atomic mass is 10.0. The Morgan fingerprint density at radius 3 is 3.06 bits per heavy atom. The first-order chi connectivity index (χ1) is 7.66. The quantitative estimate of drug-likeness (QED) is 0.723. The molecule has 0 radical (unpaired) electrons. The van der Waals surface area contributed by atoms with Gasteiger partial charge in [-0.15, -0.1) is 0 Å². The number of benzene rings is 1. The highest BCUT2D eigenvalue weighted by atomic mass is 16.5. The Labute approximate surface area is 95.9 Å². The highest BCUT2D eigenvalue weighted by Crippen LogP contribution is 2.26. The van der Waals surface area contributed by atoms with Crippen molar-refractivity contribution in [2.45, 2.75) is 26.2 Å². The normalized spacial score (nSPS) is 13.1. The van der Waals surface area contributed by atoms with Crippen molar-refractivity contribution in [1.82, 2.24) is 0 Å². The molecule has 16 heavy (non-hydrogen) atoms. The molecule has 0 aliphatic carbocycles. The van der Waals surface area contributed by atoms with Crippen LogP contribution in [0.5, 0.6) is 5.75 Å². The molecule has 0 spiro atoms. The summed E-state index contributed by atoms with van der Waals surface area (Å²) in [6.07, 6.45) is 2.32. The molecule has 1 aliphatic rings. The van der Waals surface area contributed by atoms with Crippen molar-refractivity contribution >= 4 is 5.78 Å². The number of Topliss-reactive ketones (excluding diaryl/α,β-unsaturated/α-hetero) is 1. The Morgan fingerprint density at radius 1 is 1.50 bits per heavy atom. The molecule has 0 saturated carbocycles. The first kappa shape index (κ1) is 10.9. The van der Waals surface area contributed by atoms with Crippen LogP contribution in [0, 0.1) is 0 Å². The second-order valence-corrected chi connectivity index (χ2v) is 4.24. The predicted octanol–water partition coefficient (Wildman–Crippen LogP) is 2.70. The Hall–Kier alpha value is -1.57. The lowest BCUT2D eigenvalue weighted by Crippen LogP contribution is -2.00. The second kappa shape index (κ2) is 4.52. The van der Waals surface area contributed by atoms with E-state index in [9.17, 15) is 4.79 Å². The Balaban J connectivity index is 2.00. The van der Waals surface area contributed by atoms with Crippen molar-refractivity contribution in [2.24, 2.45) is 0 Å². The van der Waals surface area contributed by atoms with E-state index < -0.39 is 0 Å². The average Bonchev–Trinajstić information content (AvgIpc) is 2.72. The molecule has 1 aromatic carbocycles. The predicted molar refractivity (Wildman–Crippen MR) is 63.8 cm³/mol. The van der Waals surface area contributed by atoms with Crippen LogP contribution >= 0.6 is 0 Å². The van der Waals surface area contributed by atoms with Crippen molar-refractivity contribution in [2.75, 3.05) is 6.61 Å². The highest BCUT2D eigenvalue weighted by molar-refractivity contribution is 5.94. The van der Waals surface area contributed by atoms with E-state index >= 15 is 0 Å². The van der Waals surface area contributed by atoms with Crippen molar-refractivity contribution in [1.29, 1.82) is 0 Å². The number of aryl methyl sites for hydroxylation is 1. The van der Waals surface area contributed by atoms with Gasteiger partial charge < -0.3 is 4.74 Å². The van der Waals surface area contributed by atoms with Crippen LogP contribution in [-0.4, -0.2) is 12.4 Å². The van der Waals surface area contributed by atoms with Crippen molar-refractivity contribution < 1.29 is 9.53 Å². The molecule has 2 heteroatoms. The third-order valence-electron chi connectivity index (χ3n) is 2.87. The number of fused-ring (bicyclic) bond motifs is 1. The number of ether oxygens (including phenoxy) is 1. The second-order valence-electron chi connectivity index (χ2n) is 4.24. The van der Waals surface area contributed by atoms with E-state index in [0.29, 0.717) is 12.0 Å². The summed E-state index contributed by atoms with van der Waals surface area (Å²) in [5.74, 6) is 1.15. The van der Waals surface area contributed by atoms with Crippen LogP contribution in [0.3, 0.4) is 0 Å². The van der Waals surface area contributed by atoms with Crippen LogP contribution in [0.1, 0.15) is 24.5 Å². The number of ketones is 1. The SMILES string of the molecule is C=C(C)C(=O)CCc1ccc2c(c1)CCO2. The van der Waals surface area contributed by atoms with Crippen LogP contribution in [0.15, 0.2) is 30.4 Å². The maximum Gasteiger partial charge on any atom is 0.158 e. The summed E-state index contributed by atoms with van der Waals surface area (Å²) in [6.45, 7) is 6.20. The summed E-state index contributed by atoms with van der Waals surface area (Å²) >= 11 is 0. The zero-order chi connectivity index (χ0) is 11.5. The first-order valence-corrected chi connectivity index (χ1v) is 5.60. The number of carbonyl (C=O) groups excluding carboxylic acids is 1. The van der Waals surface area contributed by atoms with E-state index in [1.807, 2.05) is 12.1 Å². The van der Waals surface area contributed by atoms with Crippen LogP contribution in [0.2, 0.25) is 0 Å². The zero-order valence-electron chi connectivity index (χ0n) is 9.58. The van der Waals surface area contributed by atoms with E-state index in [2.05, 4.69) is 12.6 Å². The monoisotopic (exact) mass is 216 g/mol. The summed E-state index contributed by atoms with van der Waals surface area (Å²) in [5, 5.41) is 0. The molecular weight excluding hydrogens is 200 g/mol. The fourth-order valence-electron chi connectivity index (χ4n) is 1.87. The molecule has 0 bridgehead atoms. The molecule has 0 saturated heterocycles. The van der Waals surface area contributed by atoms with E-state index in [1.54, 1.807) is 6.92 Å². The Kier molecular flexibility index (Phi) is 3.09. The van der Waals surface area contributed by atoms with Gasteiger partial charge in [0.15, 0.2) is 5.78 Å². The molecule has 0 N–H and O–H groups in total. The maximum atomic E-state index is 11.4. The smallest absolute Gasteiger partial charge is 0.158 e. The van der Waals surface area contributed by atoms with Gasteiger partial charge in [0.2, 0.25) is 0 Å². The third kappa shape index (κ3) is 2.32. The molecular formula is C14H16O2.